The van der Waals surface area contributed by atoms with E-state index in [4.69, 9.17) is 9.47 Å². The van der Waals surface area contributed by atoms with E-state index in [1.165, 1.54) is 37.1 Å². The van der Waals surface area contributed by atoms with Gasteiger partial charge in [0.15, 0.2) is 5.96 Å². The molecule has 0 amide bonds. The number of guanidine groups is 1. The van der Waals surface area contributed by atoms with E-state index in [1.807, 2.05) is 7.05 Å². The predicted molar refractivity (Wildman–Crippen MR) is 127 cm³/mol. The number of piperidine rings is 1. The lowest BCUT2D eigenvalue weighted by molar-refractivity contribution is 0.0203. The van der Waals surface area contributed by atoms with Gasteiger partial charge in [-0.1, -0.05) is 31.2 Å². The van der Waals surface area contributed by atoms with Gasteiger partial charge in [0.1, 0.15) is 0 Å². The molecule has 6 heteroatoms. The van der Waals surface area contributed by atoms with Crippen LogP contribution in [0.2, 0.25) is 0 Å². The third kappa shape index (κ3) is 9.17. The first-order chi connectivity index (χ1) is 15.2. The lowest BCUT2D eigenvalue weighted by Gasteiger charge is -2.30. The summed E-state index contributed by atoms with van der Waals surface area (Å²) in [6.07, 6.45) is 5.95. The topological polar surface area (TPSA) is 58.1 Å². The average molecular weight is 431 g/mol. The number of likely N-dealkylation sites (tertiary alicyclic amines) is 1. The minimum Gasteiger partial charge on any atom is -0.381 e. The molecule has 2 aliphatic rings. The van der Waals surface area contributed by atoms with Crippen LogP contribution in [-0.4, -0.2) is 64.0 Å². The average Bonchev–Trinajstić information content (AvgIpc) is 2.80. The molecule has 3 rings (SSSR count). The first kappa shape index (κ1) is 24.0. The standard InChI is InChI=1S/C25H42N4O2/c1-21-5-3-13-29(18-21)19-23-8-6-22(7-9-23)17-28-25(26-2)27-12-4-14-31-20-24-10-15-30-16-11-24/h6-9,21,24H,3-5,10-20H2,1-2H3,(H2,26,27,28). The van der Waals surface area contributed by atoms with Crippen molar-refractivity contribution in [3.8, 4) is 0 Å². The molecule has 0 saturated carbocycles. The fraction of sp³-hybridized carbons (Fsp3) is 0.720. The minimum atomic E-state index is 0.672. The van der Waals surface area contributed by atoms with Gasteiger partial charge in [0.2, 0.25) is 0 Å². The molecule has 1 aromatic rings. The van der Waals surface area contributed by atoms with Crippen molar-refractivity contribution in [3.63, 3.8) is 0 Å². The molecule has 1 atom stereocenters. The molecule has 6 nitrogen and oxygen atoms in total. The van der Waals surface area contributed by atoms with Crippen molar-refractivity contribution in [2.24, 2.45) is 16.8 Å². The van der Waals surface area contributed by atoms with E-state index in [-0.39, 0.29) is 0 Å². The first-order valence-corrected chi connectivity index (χ1v) is 12.1. The summed E-state index contributed by atoms with van der Waals surface area (Å²) >= 11 is 0. The second-order valence-corrected chi connectivity index (χ2v) is 9.14. The number of nitrogens with zero attached hydrogens (tertiary/aromatic N) is 2. The van der Waals surface area contributed by atoms with E-state index >= 15 is 0 Å². The van der Waals surface area contributed by atoms with Gasteiger partial charge in [0.25, 0.3) is 0 Å². The maximum absolute atomic E-state index is 5.83. The van der Waals surface area contributed by atoms with Crippen molar-refractivity contribution in [1.82, 2.24) is 15.5 Å². The van der Waals surface area contributed by atoms with E-state index in [1.54, 1.807) is 0 Å². The monoisotopic (exact) mass is 430 g/mol. The zero-order chi connectivity index (χ0) is 21.7. The molecule has 1 unspecified atom stereocenters. The van der Waals surface area contributed by atoms with Crippen LogP contribution in [-0.2, 0) is 22.6 Å². The summed E-state index contributed by atoms with van der Waals surface area (Å²) in [5.74, 6) is 2.34. The Morgan fingerprint density at radius 2 is 1.90 bits per heavy atom. The highest BCUT2D eigenvalue weighted by atomic mass is 16.5. The predicted octanol–water partition coefficient (Wildman–Crippen LogP) is 3.42. The van der Waals surface area contributed by atoms with Crippen LogP contribution in [0.1, 0.15) is 50.2 Å². The summed E-state index contributed by atoms with van der Waals surface area (Å²) in [7, 11) is 1.82. The molecule has 1 aromatic carbocycles. The molecule has 0 radical (unpaired) electrons. The molecule has 0 aliphatic carbocycles. The van der Waals surface area contributed by atoms with E-state index in [0.717, 1.165) is 77.2 Å². The quantitative estimate of drug-likeness (QED) is 0.338. The lowest BCUT2D eigenvalue weighted by atomic mass is 9.99. The smallest absolute Gasteiger partial charge is 0.191 e. The number of nitrogens with one attached hydrogen (secondary N) is 2. The lowest BCUT2D eigenvalue weighted by Crippen LogP contribution is -2.37. The Morgan fingerprint density at radius 3 is 2.65 bits per heavy atom. The largest absolute Gasteiger partial charge is 0.381 e. The Kier molecular flexibility index (Phi) is 10.6. The molecular weight excluding hydrogens is 388 g/mol. The molecule has 0 spiro atoms. The summed E-state index contributed by atoms with van der Waals surface area (Å²) in [5, 5.41) is 6.79. The number of hydrogen-bond acceptors (Lipinski definition) is 4. The Labute approximate surface area is 188 Å². The Morgan fingerprint density at radius 1 is 1.13 bits per heavy atom. The van der Waals surface area contributed by atoms with Crippen molar-refractivity contribution in [1.29, 1.82) is 0 Å². The molecule has 174 valence electrons. The van der Waals surface area contributed by atoms with E-state index < -0.39 is 0 Å². The normalized spacial score (nSPS) is 21.2. The minimum absolute atomic E-state index is 0.672. The summed E-state index contributed by atoms with van der Waals surface area (Å²) in [6, 6.07) is 8.99. The maximum atomic E-state index is 5.83. The highest BCUT2D eigenvalue weighted by molar-refractivity contribution is 5.79. The number of ether oxygens (including phenoxy) is 2. The summed E-state index contributed by atoms with van der Waals surface area (Å²) in [5.41, 5.74) is 2.68. The molecule has 2 aliphatic heterocycles. The Hall–Kier alpha value is -1.63. The molecular formula is C25H42N4O2. The van der Waals surface area contributed by atoms with Gasteiger partial charge in [-0.25, -0.2) is 0 Å². The van der Waals surface area contributed by atoms with Gasteiger partial charge in [-0.15, -0.1) is 0 Å². The summed E-state index contributed by atoms with van der Waals surface area (Å²) < 4.78 is 11.2. The molecule has 2 fully saturated rings. The van der Waals surface area contributed by atoms with Gasteiger partial charge in [0, 0.05) is 59.7 Å². The van der Waals surface area contributed by atoms with Crippen LogP contribution in [0.5, 0.6) is 0 Å². The van der Waals surface area contributed by atoms with Crippen molar-refractivity contribution in [2.45, 2.75) is 52.1 Å². The molecule has 2 saturated heterocycles. The fourth-order valence-corrected chi connectivity index (χ4v) is 4.40. The van der Waals surface area contributed by atoms with E-state index in [2.05, 4.69) is 51.7 Å². The summed E-state index contributed by atoms with van der Waals surface area (Å²) in [6.45, 7) is 11.0. The maximum Gasteiger partial charge on any atom is 0.191 e. The summed E-state index contributed by atoms with van der Waals surface area (Å²) in [4.78, 5) is 6.91. The SMILES string of the molecule is CN=C(NCCCOCC1CCOCC1)NCc1ccc(CN2CCCC(C)C2)cc1. The second kappa shape index (κ2) is 13.7. The fourth-order valence-electron chi connectivity index (χ4n) is 4.40. The van der Waals surface area contributed by atoms with Crippen LogP contribution in [0.25, 0.3) is 0 Å². The van der Waals surface area contributed by atoms with Crippen molar-refractivity contribution >= 4 is 5.96 Å². The highest BCUT2D eigenvalue weighted by Gasteiger charge is 2.16. The number of benzene rings is 1. The molecule has 0 bridgehead atoms. The Balaban J connectivity index is 1.27. The Bertz CT molecular complexity index is 643. The molecule has 0 aromatic heterocycles. The third-order valence-corrected chi connectivity index (χ3v) is 6.31. The van der Waals surface area contributed by atoms with Crippen LogP contribution in [0, 0.1) is 11.8 Å². The second-order valence-electron chi connectivity index (χ2n) is 9.14. The zero-order valence-corrected chi connectivity index (χ0v) is 19.6. The third-order valence-electron chi connectivity index (χ3n) is 6.31. The van der Waals surface area contributed by atoms with E-state index in [9.17, 15) is 0 Å². The van der Waals surface area contributed by atoms with E-state index in [0.29, 0.717) is 5.92 Å². The number of aliphatic imine (C=N–C) groups is 1. The van der Waals surface area contributed by atoms with Crippen LogP contribution in [0.15, 0.2) is 29.3 Å². The highest BCUT2D eigenvalue weighted by Crippen LogP contribution is 2.18. The van der Waals surface area contributed by atoms with Gasteiger partial charge in [-0.2, -0.15) is 0 Å². The number of hydrogen-bond donors (Lipinski definition) is 2. The van der Waals surface area contributed by atoms with Crippen LogP contribution in [0.3, 0.4) is 0 Å². The van der Waals surface area contributed by atoms with Crippen molar-refractivity contribution in [2.75, 3.05) is 53.1 Å². The van der Waals surface area contributed by atoms with Crippen molar-refractivity contribution in [3.05, 3.63) is 35.4 Å². The van der Waals surface area contributed by atoms with Gasteiger partial charge < -0.3 is 20.1 Å². The van der Waals surface area contributed by atoms with Crippen LogP contribution in [0.4, 0.5) is 0 Å². The molecule has 31 heavy (non-hydrogen) atoms. The van der Waals surface area contributed by atoms with Gasteiger partial charge in [0.05, 0.1) is 0 Å². The van der Waals surface area contributed by atoms with Gasteiger partial charge >= 0.3 is 0 Å². The van der Waals surface area contributed by atoms with Crippen LogP contribution < -0.4 is 10.6 Å². The van der Waals surface area contributed by atoms with Crippen LogP contribution >= 0.6 is 0 Å². The van der Waals surface area contributed by atoms with Gasteiger partial charge in [-0.3, -0.25) is 9.89 Å². The first-order valence-electron chi connectivity index (χ1n) is 12.1. The van der Waals surface area contributed by atoms with Crippen molar-refractivity contribution < 1.29 is 9.47 Å². The number of rotatable bonds is 10. The molecule has 2 N–H and O–H groups in total. The zero-order valence-electron chi connectivity index (χ0n) is 19.6. The molecule has 2 heterocycles. The van der Waals surface area contributed by atoms with Gasteiger partial charge in [-0.05, 0) is 61.6 Å².